The molecular formula is C37H37N7O4. The lowest BCUT2D eigenvalue weighted by Crippen LogP contribution is -2.41. The van der Waals surface area contributed by atoms with Crippen LogP contribution in [0.15, 0.2) is 59.4 Å². The van der Waals surface area contributed by atoms with E-state index in [4.69, 9.17) is 20.4 Å². The third-order valence-corrected chi connectivity index (χ3v) is 10.8. The largest absolute Gasteiger partial charge is 0.494 e. The number of amides is 1. The molecule has 2 saturated carbocycles. The van der Waals surface area contributed by atoms with Crippen molar-refractivity contribution >= 4 is 38.9 Å². The Kier molecular flexibility index (Phi) is 6.54. The number of hydrogen-bond acceptors (Lipinski definition) is 7. The molecule has 5 heterocycles. The Morgan fingerprint density at radius 2 is 1.92 bits per heavy atom. The van der Waals surface area contributed by atoms with Gasteiger partial charge in [0.1, 0.15) is 16.9 Å². The zero-order valence-corrected chi connectivity index (χ0v) is 26.9. The summed E-state index contributed by atoms with van der Waals surface area (Å²) in [4.78, 5) is 40.9. The Morgan fingerprint density at radius 3 is 2.65 bits per heavy atom. The third-order valence-electron chi connectivity index (χ3n) is 10.8. The van der Waals surface area contributed by atoms with Crippen LogP contribution in [0.4, 0.5) is 0 Å². The number of methoxy groups -OCH3 is 1. The van der Waals surface area contributed by atoms with Crippen molar-refractivity contribution in [2.75, 3.05) is 13.7 Å². The molecule has 3 aliphatic rings. The van der Waals surface area contributed by atoms with Crippen molar-refractivity contribution in [3.05, 3.63) is 76.1 Å². The van der Waals surface area contributed by atoms with Gasteiger partial charge in [0.2, 0.25) is 5.56 Å². The van der Waals surface area contributed by atoms with Gasteiger partial charge >= 0.3 is 0 Å². The minimum Gasteiger partial charge on any atom is -0.494 e. The van der Waals surface area contributed by atoms with Crippen LogP contribution in [0.1, 0.15) is 41.6 Å². The number of imidazole rings is 1. The number of nitrogens with one attached hydrogen (secondary N) is 1. The average Bonchev–Trinajstić information content (AvgIpc) is 3.50. The maximum absolute atomic E-state index is 13.8. The summed E-state index contributed by atoms with van der Waals surface area (Å²) in [5.41, 5.74) is 13.1. The number of likely N-dealkylation sites (tertiary alicyclic amines) is 1. The third kappa shape index (κ3) is 4.48. The quantitative estimate of drug-likeness (QED) is 0.231. The number of fused-ring (bicyclic) bond motifs is 5. The van der Waals surface area contributed by atoms with Crippen LogP contribution in [-0.2, 0) is 20.2 Å². The van der Waals surface area contributed by atoms with E-state index in [2.05, 4.69) is 26.3 Å². The molecular weight excluding hydrogens is 606 g/mol. The lowest BCUT2D eigenvalue weighted by Gasteiger charge is -2.27. The molecule has 2 unspecified atom stereocenters. The molecule has 1 saturated heterocycles. The number of aliphatic hydroxyl groups is 1. The molecule has 11 nitrogen and oxygen atoms in total. The number of aromatic amines is 1. The highest BCUT2D eigenvalue weighted by atomic mass is 16.5. The summed E-state index contributed by atoms with van der Waals surface area (Å²) in [6, 6.07) is 17.3. The summed E-state index contributed by atoms with van der Waals surface area (Å²) >= 11 is 0. The lowest BCUT2D eigenvalue weighted by atomic mass is 10.0. The van der Waals surface area contributed by atoms with Gasteiger partial charge in [-0.25, -0.2) is 9.97 Å². The van der Waals surface area contributed by atoms with Crippen molar-refractivity contribution in [3.8, 4) is 28.5 Å². The molecule has 3 atom stereocenters. The minimum absolute atomic E-state index is 0.0178. The highest BCUT2D eigenvalue weighted by Crippen LogP contribution is 2.40. The first kappa shape index (κ1) is 29.2. The molecule has 48 heavy (non-hydrogen) atoms. The number of ether oxygens (including phenoxy) is 1. The van der Waals surface area contributed by atoms with Crippen LogP contribution in [0.2, 0.25) is 0 Å². The molecule has 0 spiro atoms. The van der Waals surface area contributed by atoms with E-state index in [-0.39, 0.29) is 30.2 Å². The van der Waals surface area contributed by atoms with Crippen LogP contribution in [0.25, 0.3) is 55.7 Å². The van der Waals surface area contributed by atoms with E-state index in [1.807, 2.05) is 48.3 Å². The first-order valence-electron chi connectivity index (χ1n) is 16.7. The van der Waals surface area contributed by atoms with Gasteiger partial charge in [-0.05, 0) is 85.5 Å². The van der Waals surface area contributed by atoms with Gasteiger partial charge in [-0.3, -0.25) is 9.59 Å². The SMILES string of the molecule is COc1cc(C(=O)N2CC3CCC2[C@@H]3N)cc2nc(-c3cc4ccc(-c5ccc6[nH]c(=O)cc(CO)c6c5)nc4n3CC3CC3)n(C)c12. The molecule has 4 aromatic heterocycles. The number of nitrogens with two attached hydrogens (primary N) is 1. The molecule has 1 amide bonds. The van der Waals surface area contributed by atoms with Gasteiger partial charge in [-0.1, -0.05) is 6.07 Å². The minimum atomic E-state index is -0.241. The fourth-order valence-electron chi connectivity index (χ4n) is 8.10. The number of nitrogens with zero attached hydrogens (tertiary/aromatic N) is 5. The van der Waals surface area contributed by atoms with Crippen molar-refractivity contribution in [2.45, 2.75) is 50.9 Å². The molecule has 4 N–H and O–H groups in total. The van der Waals surface area contributed by atoms with Crippen LogP contribution in [0.5, 0.6) is 5.75 Å². The van der Waals surface area contributed by atoms with Crippen molar-refractivity contribution in [3.63, 3.8) is 0 Å². The van der Waals surface area contributed by atoms with Crippen molar-refractivity contribution in [1.29, 1.82) is 0 Å². The second-order valence-corrected chi connectivity index (χ2v) is 13.8. The Morgan fingerprint density at radius 1 is 1.06 bits per heavy atom. The average molecular weight is 644 g/mol. The fraction of sp³-hybridized carbons (Fsp3) is 0.351. The molecule has 11 heteroatoms. The normalized spacial score (nSPS) is 20.5. The topological polar surface area (TPSA) is 144 Å². The Bertz CT molecular complexity index is 2350. The standard InChI is InChI=1S/C37H37N7O4/c1-42-34-28(12-23(14-31(34)48-2)37(47)44-17-22-7-10-29(44)33(22)38)41-36(42)30-13-21-6-8-26(40-35(21)43(30)16-19-3-4-19)20-5-9-27-25(11-20)24(18-45)15-32(46)39-27/h5-6,8-9,11-15,19,22,29,33,45H,3-4,7,10,16-18,38H2,1-2H3,(H,39,46)/t22?,29?,33-/m1/s1. The fourth-order valence-corrected chi connectivity index (χ4v) is 8.10. The second-order valence-electron chi connectivity index (χ2n) is 13.8. The van der Waals surface area contributed by atoms with E-state index in [0.29, 0.717) is 46.3 Å². The number of aromatic nitrogens is 5. The molecule has 2 bridgehead atoms. The molecule has 2 aromatic carbocycles. The summed E-state index contributed by atoms with van der Waals surface area (Å²) in [6.45, 7) is 1.30. The van der Waals surface area contributed by atoms with E-state index in [1.165, 1.54) is 18.9 Å². The van der Waals surface area contributed by atoms with Gasteiger partial charge in [-0.15, -0.1) is 0 Å². The number of hydrogen-bond donors (Lipinski definition) is 3. The maximum Gasteiger partial charge on any atom is 0.254 e. The van der Waals surface area contributed by atoms with Crippen LogP contribution in [0, 0.1) is 11.8 Å². The summed E-state index contributed by atoms with van der Waals surface area (Å²) in [6.07, 6.45) is 4.39. The number of aliphatic hydroxyl groups excluding tert-OH is 1. The van der Waals surface area contributed by atoms with E-state index in [1.54, 1.807) is 7.11 Å². The molecule has 9 rings (SSSR count). The predicted molar refractivity (Wildman–Crippen MR) is 184 cm³/mol. The van der Waals surface area contributed by atoms with Gasteiger partial charge in [0.25, 0.3) is 5.91 Å². The predicted octanol–water partition coefficient (Wildman–Crippen LogP) is 4.57. The van der Waals surface area contributed by atoms with Gasteiger partial charge in [0, 0.05) is 65.7 Å². The van der Waals surface area contributed by atoms with E-state index in [0.717, 1.165) is 64.1 Å². The van der Waals surface area contributed by atoms with Gasteiger partial charge in [0.05, 0.1) is 30.6 Å². The molecule has 3 fully saturated rings. The summed E-state index contributed by atoms with van der Waals surface area (Å²) in [5, 5.41) is 11.7. The molecule has 2 aliphatic carbocycles. The Balaban J connectivity index is 1.15. The van der Waals surface area contributed by atoms with Crippen molar-refractivity contribution in [1.82, 2.24) is 29.0 Å². The highest BCUT2D eigenvalue weighted by molar-refractivity contribution is 6.00. The first-order valence-corrected chi connectivity index (χ1v) is 16.7. The number of carbonyl (C=O) groups excluding carboxylic acids is 1. The van der Waals surface area contributed by atoms with Crippen molar-refractivity contribution < 1.29 is 14.6 Å². The Hall–Kier alpha value is -5.00. The van der Waals surface area contributed by atoms with Gasteiger partial charge in [-0.2, -0.15) is 0 Å². The number of benzene rings is 2. The van der Waals surface area contributed by atoms with E-state index >= 15 is 0 Å². The van der Waals surface area contributed by atoms with Crippen LogP contribution in [0.3, 0.4) is 0 Å². The molecule has 6 aromatic rings. The number of aryl methyl sites for hydroxylation is 1. The first-order chi connectivity index (χ1) is 23.3. The van der Waals surface area contributed by atoms with Crippen LogP contribution in [-0.4, -0.2) is 65.7 Å². The Labute approximate surface area is 276 Å². The van der Waals surface area contributed by atoms with E-state index < -0.39 is 0 Å². The number of pyridine rings is 2. The highest BCUT2D eigenvalue weighted by Gasteiger charge is 2.47. The van der Waals surface area contributed by atoms with E-state index in [9.17, 15) is 14.7 Å². The smallest absolute Gasteiger partial charge is 0.254 e. The number of piperidine rings is 1. The number of H-pyrrole nitrogens is 1. The second kappa shape index (κ2) is 10.8. The molecule has 244 valence electrons. The summed E-state index contributed by atoms with van der Waals surface area (Å²) in [7, 11) is 3.62. The molecule has 0 radical (unpaired) electrons. The monoisotopic (exact) mass is 643 g/mol. The number of rotatable bonds is 7. The van der Waals surface area contributed by atoms with Crippen LogP contribution < -0.4 is 16.0 Å². The van der Waals surface area contributed by atoms with Crippen molar-refractivity contribution in [2.24, 2.45) is 24.6 Å². The summed E-state index contributed by atoms with van der Waals surface area (Å²) in [5.74, 6) is 2.31. The zero-order valence-electron chi connectivity index (χ0n) is 26.9. The molecule has 1 aliphatic heterocycles. The maximum atomic E-state index is 13.8. The zero-order chi connectivity index (χ0) is 32.8. The lowest BCUT2D eigenvalue weighted by molar-refractivity contribution is 0.0700. The summed E-state index contributed by atoms with van der Waals surface area (Å²) < 4.78 is 10.2. The van der Waals surface area contributed by atoms with Crippen LogP contribution >= 0.6 is 0 Å². The van der Waals surface area contributed by atoms with Gasteiger partial charge in [0.15, 0.2) is 5.82 Å². The number of carbonyl (C=O) groups is 1. The van der Waals surface area contributed by atoms with Gasteiger partial charge < -0.3 is 34.6 Å².